The van der Waals surface area contributed by atoms with Crippen LogP contribution in [0.15, 0.2) is 29.1 Å². The molecule has 7 nitrogen and oxygen atoms in total. The maximum atomic E-state index is 12.5. The van der Waals surface area contributed by atoms with E-state index in [2.05, 4.69) is 5.10 Å². The van der Waals surface area contributed by atoms with Gasteiger partial charge in [-0.25, -0.2) is 4.68 Å². The van der Waals surface area contributed by atoms with Gasteiger partial charge in [-0.3, -0.25) is 9.59 Å². The third-order valence-electron chi connectivity index (χ3n) is 4.11. The van der Waals surface area contributed by atoms with Gasteiger partial charge in [0.25, 0.3) is 5.56 Å². The highest BCUT2D eigenvalue weighted by atomic mass is 16.5. The molecule has 7 heteroatoms. The van der Waals surface area contributed by atoms with Crippen molar-refractivity contribution in [1.82, 2.24) is 14.7 Å². The SMILES string of the molecule is CCOc1ccc(CN(C)C(=O)Cn2nc(C)c(C)c(C#N)c2=O)cc1. The van der Waals surface area contributed by atoms with Crippen molar-refractivity contribution in [3.63, 3.8) is 0 Å². The fraction of sp³-hybridized carbons (Fsp3) is 0.368. The molecule has 0 unspecified atom stereocenters. The summed E-state index contributed by atoms with van der Waals surface area (Å²) < 4.78 is 6.45. The van der Waals surface area contributed by atoms with E-state index in [1.165, 1.54) is 4.90 Å². The summed E-state index contributed by atoms with van der Waals surface area (Å²) in [6.07, 6.45) is 0. The molecule has 1 heterocycles. The number of likely N-dealkylation sites (N-methyl/N-ethyl adjacent to an activating group) is 1. The molecule has 0 N–H and O–H groups in total. The Morgan fingerprint density at radius 3 is 2.54 bits per heavy atom. The number of ether oxygens (including phenoxy) is 1. The Morgan fingerprint density at radius 1 is 1.31 bits per heavy atom. The summed E-state index contributed by atoms with van der Waals surface area (Å²) in [5.74, 6) is 0.515. The second-order valence-corrected chi connectivity index (χ2v) is 5.99. The smallest absolute Gasteiger partial charge is 0.285 e. The normalized spacial score (nSPS) is 10.3. The number of aryl methyl sites for hydroxylation is 1. The van der Waals surface area contributed by atoms with Gasteiger partial charge in [-0.15, -0.1) is 0 Å². The van der Waals surface area contributed by atoms with Crippen molar-refractivity contribution in [2.24, 2.45) is 0 Å². The van der Waals surface area contributed by atoms with Gasteiger partial charge in [0.1, 0.15) is 23.9 Å². The minimum Gasteiger partial charge on any atom is -0.494 e. The fourth-order valence-corrected chi connectivity index (χ4v) is 2.48. The summed E-state index contributed by atoms with van der Waals surface area (Å²) in [4.78, 5) is 26.3. The predicted molar refractivity (Wildman–Crippen MR) is 96.8 cm³/mol. The molecule has 0 aliphatic heterocycles. The molecular weight excluding hydrogens is 332 g/mol. The van der Waals surface area contributed by atoms with E-state index in [4.69, 9.17) is 10.00 Å². The van der Waals surface area contributed by atoms with Crippen LogP contribution >= 0.6 is 0 Å². The van der Waals surface area contributed by atoms with Gasteiger partial charge in [0.05, 0.1) is 12.3 Å². The minimum atomic E-state index is -0.543. The molecule has 0 aliphatic carbocycles. The Labute approximate surface area is 152 Å². The maximum absolute atomic E-state index is 12.5. The molecule has 136 valence electrons. The predicted octanol–water partition coefficient (Wildman–Crippen LogP) is 1.79. The second-order valence-electron chi connectivity index (χ2n) is 5.99. The van der Waals surface area contributed by atoms with Crippen molar-refractivity contribution in [3.05, 3.63) is 57.0 Å². The van der Waals surface area contributed by atoms with E-state index in [0.717, 1.165) is 16.0 Å². The van der Waals surface area contributed by atoms with Gasteiger partial charge in [0.2, 0.25) is 5.91 Å². The van der Waals surface area contributed by atoms with E-state index in [1.807, 2.05) is 37.3 Å². The highest BCUT2D eigenvalue weighted by molar-refractivity contribution is 5.75. The monoisotopic (exact) mass is 354 g/mol. The van der Waals surface area contributed by atoms with Gasteiger partial charge in [-0.2, -0.15) is 10.4 Å². The van der Waals surface area contributed by atoms with Crippen LogP contribution in [0.2, 0.25) is 0 Å². The van der Waals surface area contributed by atoms with Crippen molar-refractivity contribution in [2.75, 3.05) is 13.7 Å². The number of carbonyl (C=O) groups excluding carboxylic acids is 1. The van der Waals surface area contributed by atoms with Crippen molar-refractivity contribution >= 4 is 5.91 Å². The number of nitriles is 1. The third kappa shape index (κ3) is 4.28. The van der Waals surface area contributed by atoms with Gasteiger partial charge in [0.15, 0.2) is 0 Å². The lowest BCUT2D eigenvalue weighted by atomic mass is 10.1. The topological polar surface area (TPSA) is 88.2 Å². The summed E-state index contributed by atoms with van der Waals surface area (Å²) in [6.45, 7) is 6.09. The minimum absolute atomic E-state index is 0.0273. The number of hydrogen-bond donors (Lipinski definition) is 0. The molecule has 2 rings (SSSR count). The molecule has 0 radical (unpaired) electrons. The lowest BCUT2D eigenvalue weighted by molar-refractivity contribution is -0.131. The van der Waals surface area contributed by atoms with Crippen LogP contribution in [0, 0.1) is 25.2 Å². The van der Waals surface area contributed by atoms with Gasteiger partial charge in [-0.05, 0) is 44.0 Å². The van der Waals surface area contributed by atoms with Crippen molar-refractivity contribution in [2.45, 2.75) is 33.9 Å². The van der Waals surface area contributed by atoms with Crippen LogP contribution < -0.4 is 10.3 Å². The molecule has 26 heavy (non-hydrogen) atoms. The summed E-state index contributed by atoms with van der Waals surface area (Å²) >= 11 is 0. The van der Waals surface area contributed by atoms with E-state index < -0.39 is 5.56 Å². The van der Waals surface area contributed by atoms with Crippen LogP contribution in [-0.2, 0) is 17.9 Å². The zero-order chi connectivity index (χ0) is 19.3. The fourth-order valence-electron chi connectivity index (χ4n) is 2.48. The first-order valence-corrected chi connectivity index (χ1v) is 8.31. The van der Waals surface area contributed by atoms with E-state index in [0.29, 0.717) is 24.4 Å². The highest BCUT2D eigenvalue weighted by Crippen LogP contribution is 2.13. The Kier molecular flexibility index (Phi) is 6.12. The van der Waals surface area contributed by atoms with E-state index in [1.54, 1.807) is 20.9 Å². The van der Waals surface area contributed by atoms with E-state index in [-0.39, 0.29) is 18.0 Å². The zero-order valence-electron chi connectivity index (χ0n) is 15.4. The molecule has 2 aromatic rings. The Balaban J connectivity index is 2.11. The largest absolute Gasteiger partial charge is 0.494 e. The lowest BCUT2D eigenvalue weighted by Gasteiger charge is -2.18. The quantitative estimate of drug-likeness (QED) is 0.789. The number of amides is 1. The molecule has 0 saturated heterocycles. The molecule has 1 aromatic heterocycles. The zero-order valence-corrected chi connectivity index (χ0v) is 15.4. The number of aromatic nitrogens is 2. The number of hydrogen-bond acceptors (Lipinski definition) is 5. The van der Waals surface area contributed by atoms with Crippen molar-refractivity contribution in [1.29, 1.82) is 5.26 Å². The molecule has 0 atom stereocenters. The molecule has 0 aliphatic rings. The number of benzene rings is 1. The lowest BCUT2D eigenvalue weighted by Crippen LogP contribution is -2.36. The highest BCUT2D eigenvalue weighted by Gasteiger charge is 2.16. The summed E-state index contributed by atoms with van der Waals surface area (Å²) in [5, 5.41) is 13.3. The molecule has 0 spiro atoms. The van der Waals surface area contributed by atoms with Crippen molar-refractivity contribution < 1.29 is 9.53 Å². The Morgan fingerprint density at radius 2 is 1.96 bits per heavy atom. The van der Waals surface area contributed by atoms with E-state index in [9.17, 15) is 9.59 Å². The van der Waals surface area contributed by atoms with Crippen LogP contribution in [0.1, 0.15) is 29.3 Å². The summed E-state index contributed by atoms with van der Waals surface area (Å²) in [7, 11) is 1.66. The molecule has 1 aromatic carbocycles. The molecular formula is C19H22N4O3. The average Bonchev–Trinajstić information content (AvgIpc) is 2.62. The first-order valence-electron chi connectivity index (χ1n) is 8.31. The third-order valence-corrected chi connectivity index (χ3v) is 4.11. The van der Waals surface area contributed by atoms with Crippen LogP contribution in [-0.4, -0.2) is 34.2 Å². The van der Waals surface area contributed by atoms with Crippen LogP contribution in [0.25, 0.3) is 0 Å². The van der Waals surface area contributed by atoms with Gasteiger partial charge >= 0.3 is 0 Å². The van der Waals surface area contributed by atoms with Crippen molar-refractivity contribution in [3.8, 4) is 11.8 Å². The second kappa shape index (κ2) is 8.30. The number of rotatable bonds is 6. The molecule has 0 fully saturated rings. The van der Waals surface area contributed by atoms with Gasteiger partial charge < -0.3 is 9.64 Å². The molecule has 1 amide bonds. The molecule has 0 saturated carbocycles. The Hall–Kier alpha value is -3.14. The summed E-state index contributed by atoms with van der Waals surface area (Å²) in [5.41, 5.74) is 1.53. The molecule has 0 bridgehead atoms. The average molecular weight is 354 g/mol. The first kappa shape index (κ1) is 19.2. The Bertz CT molecular complexity index is 895. The maximum Gasteiger partial charge on any atom is 0.285 e. The van der Waals surface area contributed by atoms with Crippen LogP contribution in [0.5, 0.6) is 5.75 Å². The van der Waals surface area contributed by atoms with E-state index >= 15 is 0 Å². The van der Waals surface area contributed by atoms with Crippen LogP contribution in [0.4, 0.5) is 0 Å². The van der Waals surface area contributed by atoms with Gasteiger partial charge in [0, 0.05) is 13.6 Å². The first-order chi connectivity index (χ1) is 12.4. The van der Waals surface area contributed by atoms with Crippen LogP contribution in [0.3, 0.4) is 0 Å². The summed E-state index contributed by atoms with van der Waals surface area (Å²) in [6, 6.07) is 9.38. The number of carbonyl (C=O) groups is 1. The number of nitrogens with zero attached hydrogens (tertiary/aromatic N) is 4. The van der Waals surface area contributed by atoms with Gasteiger partial charge in [-0.1, -0.05) is 12.1 Å². The standard InChI is InChI=1S/C19H22N4O3/c1-5-26-16-8-6-15(7-9-16)11-22(4)18(24)12-23-19(25)17(10-20)13(2)14(3)21-23/h6-9H,5,11-12H2,1-4H3.